The van der Waals surface area contributed by atoms with Crippen LogP contribution in [-0.4, -0.2) is 32.6 Å². The number of aromatic nitrogens is 4. The summed E-state index contributed by atoms with van der Waals surface area (Å²) in [6, 6.07) is 3.95. The Morgan fingerprint density at radius 3 is 2.70 bits per heavy atom. The van der Waals surface area contributed by atoms with Crippen molar-refractivity contribution in [3.8, 4) is 11.5 Å². The third kappa shape index (κ3) is 2.79. The van der Waals surface area contributed by atoms with Crippen LogP contribution in [0.1, 0.15) is 16.7 Å². The van der Waals surface area contributed by atoms with Gasteiger partial charge in [0.15, 0.2) is 11.5 Å². The Balaban J connectivity index is 2.05. The average molecular weight is 310 g/mol. The number of hydrogen-bond donors (Lipinski definition) is 0. The van der Waals surface area contributed by atoms with Gasteiger partial charge >= 0.3 is 5.97 Å². The summed E-state index contributed by atoms with van der Waals surface area (Å²) in [5.41, 5.74) is 5.32. The van der Waals surface area contributed by atoms with Crippen LogP contribution in [0.25, 0.3) is 22.7 Å². The number of pyridine rings is 2. The molecule has 0 amide bonds. The number of rotatable bonds is 3. The molecule has 118 valence electrons. The summed E-state index contributed by atoms with van der Waals surface area (Å²) < 4.78 is 6.62. The van der Waals surface area contributed by atoms with Gasteiger partial charge in [0.25, 0.3) is 0 Å². The number of esters is 1. The topological polar surface area (TPSA) is 69.9 Å². The number of imidazole rings is 1. The molecule has 6 heteroatoms. The van der Waals surface area contributed by atoms with Gasteiger partial charge in [0.2, 0.25) is 0 Å². The fourth-order valence-electron chi connectivity index (χ4n) is 2.59. The van der Waals surface area contributed by atoms with Crippen molar-refractivity contribution < 1.29 is 9.53 Å². The molecule has 3 heterocycles. The zero-order chi connectivity index (χ0) is 16.6. The van der Waals surface area contributed by atoms with E-state index in [2.05, 4.69) is 19.7 Å². The Bertz CT molecular complexity index is 899. The minimum Gasteiger partial charge on any atom is -0.469 e. The van der Waals surface area contributed by atoms with E-state index in [9.17, 15) is 4.79 Å². The molecular weight excluding hydrogens is 292 g/mol. The molecule has 0 aliphatic carbocycles. The first-order valence-electron chi connectivity index (χ1n) is 7.31. The number of hydrogen-bond acceptors (Lipinski definition) is 5. The Morgan fingerprint density at radius 2 is 2.00 bits per heavy atom. The number of aryl methyl sites for hydroxylation is 3. The van der Waals surface area contributed by atoms with E-state index in [0.29, 0.717) is 0 Å². The second-order valence-electron chi connectivity index (χ2n) is 5.61. The first kappa shape index (κ1) is 15.1. The van der Waals surface area contributed by atoms with Gasteiger partial charge in [-0.1, -0.05) is 6.07 Å². The molecule has 0 aliphatic heterocycles. The third-order valence-electron chi connectivity index (χ3n) is 3.77. The molecule has 0 radical (unpaired) electrons. The van der Waals surface area contributed by atoms with Gasteiger partial charge < -0.3 is 9.30 Å². The summed E-state index contributed by atoms with van der Waals surface area (Å²) >= 11 is 0. The van der Waals surface area contributed by atoms with Gasteiger partial charge in [0.1, 0.15) is 11.2 Å². The van der Waals surface area contributed by atoms with Crippen molar-refractivity contribution in [1.82, 2.24) is 19.5 Å². The summed E-state index contributed by atoms with van der Waals surface area (Å²) in [4.78, 5) is 25.0. The predicted molar refractivity (Wildman–Crippen MR) is 86.9 cm³/mol. The van der Waals surface area contributed by atoms with Crippen LogP contribution in [0.15, 0.2) is 24.5 Å². The van der Waals surface area contributed by atoms with Crippen molar-refractivity contribution in [2.45, 2.75) is 20.3 Å². The van der Waals surface area contributed by atoms with Gasteiger partial charge in [-0.3, -0.25) is 9.78 Å². The van der Waals surface area contributed by atoms with Crippen LogP contribution in [0.3, 0.4) is 0 Å². The Kier molecular flexibility index (Phi) is 3.82. The molecule has 23 heavy (non-hydrogen) atoms. The molecule has 3 aromatic heterocycles. The van der Waals surface area contributed by atoms with Gasteiger partial charge in [-0.15, -0.1) is 0 Å². The molecule has 0 fully saturated rings. The number of carbonyl (C=O) groups is 1. The van der Waals surface area contributed by atoms with Gasteiger partial charge in [-0.05, 0) is 36.6 Å². The fraction of sp³-hybridized carbons (Fsp3) is 0.294. The fourth-order valence-corrected chi connectivity index (χ4v) is 2.59. The van der Waals surface area contributed by atoms with Gasteiger partial charge in [0, 0.05) is 19.4 Å². The van der Waals surface area contributed by atoms with Crippen LogP contribution in [0.5, 0.6) is 0 Å². The largest absolute Gasteiger partial charge is 0.469 e. The van der Waals surface area contributed by atoms with E-state index < -0.39 is 0 Å². The number of methoxy groups -OCH3 is 1. The predicted octanol–water partition coefficient (Wildman–Crippen LogP) is 2.36. The number of fused-ring (bicyclic) bond motifs is 1. The summed E-state index contributed by atoms with van der Waals surface area (Å²) in [7, 11) is 3.31. The molecule has 6 nitrogen and oxygen atoms in total. The molecule has 0 aliphatic rings. The monoisotopic (exact) mass is 310 g/mol. The summed E-state index contributed by atoms with van der Waals surface area (Å²) in [6.45, 7) is 3.95. The Hall–Kier alpha value is -2.76. The van der Waals surface area contributed by atoms with Crippen LogP contribution >= 0.6 is 0 Å². The van der Waals surface area contributed by atoms with E-state index in [1.54, 1.807) is 6.20 Å². The van der Waals surface area contributed by atoms with Crippen molar-refractivity contribution in [3.63, 3.8) is 0 Å². The molecular formula is C17H18N4O2. The van der Waals surface area contributed by atoms with Crippen molar-refractivity contribution in [1.29, 1.82) is 0 Å². The first-order chi connectivity index (χ1) is 11.0. The average Bonchev–Trinajstić information content (AvgIpc) is 2.83. The summed E-state index contributed by atoms with van der Waals surface area (Å²) in [5.74, 6) is 0.488. The van der Waals surface area contributed by atoms with E-state index in [1.807, 2.05) is 43.8 Å². The summed E-state index contributed by atoms with van der Waals surface area (Å²) in [6.07, 6.45) is 3.73. The van der Waals surface area contributed by atoms with Gasteiger partial charge in [0.05, 0.1) is 13.5 Å². The van der Waals surface area contributed by atoms with E-state index in [-0.39, 0.29) is 12.4 Å². The minimum atomic E-state index is -0.277. The molecule has 0 N–H and O–H groups in total. The van der Waals surface area contributed by atoms with Crippen molar-refractivity contribution in [3.05, 3.63) is 41.2 Å². The molecule has 0 aromatic carbocycles. The molecule has 0 unspecified atom stereocenters. The smallest absolute Gasteiger partial charge is 0.310 e. The molecule has 3 aromatic rings. The Morgan fingerprint density at radius 1 is 1.22 bits per heavy atom. The molecule has 3 rings (SSSR count). The van der Waals surface area contributed by atoms with Crippen LogP contribution in [0.4, 0.5) is 0 Å². The van der Waals surface area contributed by atoms with E-state index in [0.717, 1.165) is 39.4 Å². The zero-order valence-corrected chi connectivity index (χ0v) is 13.6. The molecule has 0 saturated heterocycles. The maximum absolute atomic E-state index is 11.4. The highest BCUT2D eigenvalue weighted by atomic mass is 16.5. The zero-order valence-electron chi connectivity index (χ0n) is 13.6. The lowest BCUT2D eigenvalue weighted by Crippen LogP contribution is -2.06. The number of carbonyl (C=O) groups excluding carboxylic acids is 1. The SMILES string of the molecule is COC(=O)Cc1cnc(-c2nc3cc(C)cnc3n2C)c(C)c1. The lowest BCUT2D eigenvalue weighted by atomic mass is 10.1. The maximum atomic E-state index is 11.4. The standard InChI is InChI=1S/C17H18N4O2/c1-10-5-13-16(19-8-10)21(3)17(20-13)15-11(2)6-12(9-18-15)7-14(22)23-4/h5-6,8-9H,7H2,1-4H3. The molecule has 0 spiro atoms. The van der Waals surface area contributed by atoms with Gasteiger partial charge in [-0.2, -0.15) is 0 Å². The van der Waals surface area contributed by atoms with Crippen molar-refractivity contribution >= 4 is 17.1 Å². The minimum absolute atomic E-state index is 0.216. The van der Waals surface area contributed by atoms with Crippen LogP contribution < -0.4 is 0 Å². The second-order valence-corrected chi connectivity index (χ2v) is 5.61. The third-order valence-corrected chi connectivity index (χ3v) is 3.77. The highest BCUT2D eigenvalue weighted by molar-refractivity contribution is 5.77. The number of ether oxygens (including phenoxy) is 1. The van der Waals surface area contributed by atoms with Crippen molar-refractivity contribution in [2.75, 3.05) is 7.11 Å². The molecule has 0 bridgehead atoms. The van der Waals surface area contributed by atoms with Crippen LogP contribution in [0.2, 0.25) is 0 Å². The maximum Gasteiger partial charge on any atom is 0.310 e. The van der Waals surface area contributed by atoms with E-state index >= 15 is 0 Å². The molecule has 0 saturated carbocycles. The second kappa shape index (κ2) is 5.79. The highest BCUT2D eigenvalue weighted by Gasteiger charge is 2.15. The normalized spacial score (nSPS) is 11.0. The molecule has 0 atom stereocenters. The van der Waals surface area contributed by atoms with Gasteiger partial charge in [-0.25, -0.2) is 9.97 Å². The van der Waals surface area contributed by atoms with E-state index in [1.165, 1.54) is 7.11 Å². The Labute approximate surface area is 134 Å². The lowest BCUT2D eigenvalue weighted by Gasteiger charge is -2.07. The van der Waals surface area contributed by atoms with E-state index in [4.69, 9.17) is 0 Å². The lowest BCUT2D eigenvalue weighted by molar-refractivity contribution is -0.139. The highest BCUT2D eigenvalue weighted by Crippen LogP contribution is 2.24. The number of nitrogens with zero attached hydrogens (tertiary/aromatic N) is 4. The summed E-state index contributed by atoms with van der Waals surface area (Å²) in [5, 5.41) is 0. The quantitative estimate of drug-likeness (QED) is 0.695. The first-order valence-corrected chi connectivity index (χ1v) is 7.31. The van der Waals surface area contributed by atoms with Crippen LogP contribution in [-0.2, 0) is 23.0 Å². The van der Waals surface area contributed by atoms with Crippen LogP contribution in [0, 0.1) is 13.8 Å². The van der Waals surface area contributed by atoms with Crippen molar-refractivity contribution in [2.24, 2.45) is 7.05 Å².